The summed E-state index contributed by atoms with van der Waals surface area (Å²) < 4.78 is 28.9. The number of oxazole rings is 1. The van der Waals surface area contributed by atoms with Gasteiger partial charge in [0, 0.05) is 16.4 Å². The monoisotopic (exact) mass is 442 g/mol. The molecular weight excluding hydrogens is 416 g/mol. The van der Waals surface area contributed by atoms with E-state index in [9.17, 15) is 9.00 Å². The van der Waals surface area contributed by atoms with E-state index in [2.05, 4.69) is 10.3 Å². The minimum Gasteiger partial charge on any atom is -0.493 e. The van der Waals surface area contributed by atoms with Crippen LogP contribution in [0.15, 0.2) is 52.9 Å². The summed E-state index contributed by atoms with van der Waals surface area (Å²) in [6.45, 7) is 3.66. The summed E-state index contributed by atoms with van der Waals surface area (Å²) in [5.41, 5.74) is 2.27. The van der Waals surface area contributed by atoms with Crippen LogP contribution in [0.3, 0.4) is 0 Å². The third-order valence-electron chi connectivity index (χ3n) is 4.79. The first-order chi connectivity index (χ1) is 14.9. The van der Waals surface area contributed by atoms with Crippen molar-refractivity contribution in [1.82, 2.24) is 10.3 Å². The van der Waals surface area contributed by atoms with Gasteiger partial charge >= 0.3 is 0 Å². The molecule has 3 rings (SSSR count). The Hall–Kier alpha value is -3.13. The van der Waals surface area contributed by atoms with Crippen molar-refractivity contribution in [2.45, 2.75) is 25.6 Å². The van der Waals surface area contributed by atoms with Gasteiger partial charge < -0.3 is 19.2 Å². The number of nitrogens with zero attached hydrogens (tertiary/aromatic N) is 1. The molecule has 164 valence electrons. The summed E-state index contributed by atoms with van der Waals surface area (Å²) >= 11 is 0. The van der Waals surface area contributed by atoms with Crippen LogP contribution in [0.2, 0.25) is 0 Å². The largest absolute Gasteiger partial charge is 0.493 e. The lowest BCUT2D eigenvalue weighted by molar-refractivity contribution is -0.119. The topological polar surface area (TPSA) is 90.7 Å². The van der Waals surface area contributed by atoms with Crippen molar-refractivity contribution in [2.75, 3.05) is 20.0 Å². The summed E-state index contributed by atoms with van der Waals surface area (Å²) in [5, 5.41) is 2.88. The van der Waals surface area contributed by atoms with Gasteiger partial charge in [0.1, 0.15) is 11.5 Å². The van der Waals surface area contributed by atoms with Crippen LogP contribution < -0.4 is 14.8 Å². The van der Waals surface area contributed by atoms with Crippen molar-refractivity contribution in [2.24, 2.45) is 0 Å². The summed E-state index contributed by atoms with van der Waals surface area (Å²) in [5.74, 6) is 1.89. The molecular formula is C23H26N2O5S. The average molecular weight is 443 g/mol. The van der Waals surface area contributed by atoms with Gasteiger partial charge in [-0.25, -0.2) is 4.98 Å². The van der Waals surface area contributed by atoms with Crippen molar-refractivity contribution in [3.05, 3.63) is 65.5 Å². The second-order valence-corrected chi connectivity index (χ2v) is 8.48. The van der Waals surface area contributed by atoms with Gasteiger partial charge in [0.25, 0.3) is 0 Å². The Morgan fingerprint density at radius 2 is 1.84 bits per heavy atom. The molecule has 0 saturated carbocycles. The van der Waals surface area contributed by atoms with Gasteiger partial charge in [-0.05, 0) is 37.6 Å². The predicted molar refractivity (Wildman–Crippen MR) is 119 cm³/mol. The highest BCUT2D eigenvalue weighted by Crippen LogP contribution is 2.32. The van der Waals surface area contributed by atoms with Crippen molar-refractivity contribution < 1.29 is 22.9 Å². The number of amides is 1. The van der Waals surface area contributed by atoms with Crippen LogP contribution in [0.5, 0.6) is 11.5 Å². The van der Waals surface area contributed by atoms with Gasteiger partial charge in [0.2, 0.25) is 11.8 Å². The second-order valence-electron chi connectivity index (χ2n) is 7.02. The van der Waals surface area contributed by atoms with E-state index in [1.54, 1.807) is 33.3 Å². The van der Waals surface area contributed by atoms with E-state index in [0.29, 0.717) is 34.4 Å². The molecule has 0 aliphatic heterocycles. The predicted octanol–water partition coefficient (Wildman–Crippen LogP) is 3.79. The smallest absolute Gasteiger partial charge is 0.233 e. The Morgan fingerprint density at radius 3 is 2.52 bits per heavy atom. The van der Waals surface area contributed by atoms with Gasteiger partial charge in [-0.3, -0.25) is 9.00 Å². The van der Waals surface area contributed by atoms with E-state index in [-0.39, 0.29) is 23.5 Å². The molecule has 0 aliphatic carbocycles. The number of nitrogens with one attached hydrogen (secondary N) is 1. The second kappa shape index (κ2) is 10.3. The first kappa shape index (κ1) is 22.6. The fourth-order valence-corrected chi connectivity index (χ4v) is 4.16. The maximum absolute atomic E-state index is 12.6. The van der Waals surface area contributed by atoms with E-state index >= 15 is 0 Å². The maximum atomic E-state index is 12.6. The lowest BCUT2D eigenvalue weighted by Gasteiger charge is -2.14. The van der Waals surface area contributed by atoms with Crippen LogP contribution in [0.4, 0.5) is 0 Å². The first-order valence-corrected chi connectivity index (χ1v) is 11.3. The number of carbonyl (C=O) groups excluding carboxylic acids is 1. The molecule has 2 aromatic carbocycles. The van der Waals surface area contributed by atoms with E-state index in [1.165, 1.54) is 0 Å². The van der Waals surface area contributed by atoms with Crippen LogP contribution in [0.1, 0.15) is 30.0 Å². The highest BCUT2D eigenvalue weighted by Gasteiger charge is 2.18. The lowest BCUT2D eigenvalue weighted by atomic mass is 10.1. The summed E-state index contributed by atoms with van der Waals surface area (Å²) in [7, 11) is 1.71. The fraction of sp³-hybridized carbons (Fsp3) is 0.304. The highest BCUT2D eigenvalue weighted by molar-refractivity contribution is 7.84. The fourth-order valence-electron chi connectivity index (χ4n) is 3.11. The minimum atomic E-state index is -1.42. The van der Waals surface area contributed by atoms with Crippen molar-refractivity contribution in [3.8, 4) is 23.0 Å². The molecule has 8 heteroatoms. The van der Waals surface area contributed by atoms with Gasteiger partial charge in [-0.2, -0.15) is 0 Å². The molecule has 0 radical (unpaired) electrons. The first-order valence-electron chi connectivity index (χ1n) is 9.79. The zero-order valence-corrected chi connectivity index (χ0v) is 18.8. The number of hydrogen-bond acceptors (Lipinski definition) is 6. The molecule has 0 fully saturated rings. The zero-order chi connectivity index (χ0) is 22.4. The summed E-state index contributed by atoms with van der Waals surface area (Å²) in [6, 6.07) is 14.8. The molecule has 7 nitrogen and oxygen atoms in total. The van der Waals surface area contributed by atoms with Crippen molar-refractivity contribution in [1.29, 1.82) is 0 Å². The molecule has 0 aliphatic rings. The van der Waals surface area contributed by atoms with Gasteiger partial charge in [0.15, 0.2) is 11.5 Å². The van der Waals surface area contributed by atoms with Crippen molar-refractivity contribution in [3.63, 3.8) is 0 Å². The van der Waals surface area contributed by atoms with E-state index in [4.69, 9.17) is 13.9 Å². The number of aryl methyl sites for hydroxylation is 1. The third kappa shape index (κ3) is 5.73. The minimum absolute atomic E-state index is 0.102. The van der Waals surface area contributed by atoms with E-state index in [0.717, 1.165) is 5.56 Å². The highest BCUT2D eigenvalue weighted by atomic mass is 32.2. The lowest BCUT2D eigenvalue weighted by Crippen LogP contribution is -2.31. The molecule has 2 atom stereocenters. The summed E-state index contributed by atoms with van der Waals surface area (Å²) in [4.78, 5) is 16.8. The Bertz CT molecular complexity index is 1070. The number of benzene rings is 2. The van der Waals surface area contributed by atoms with Crippen LogP contribution in [-0.2, 0) is 21.3 Å². The van der Waals surface area contributed by atoms with Crippen LogP contribution in [-0.4, -0.2) is 35.1 Å². The Balaban J connectivity index is 1.63. The number of methoxy groups -OCH3 is 2. The zero-order valence-electron chi connectivity index (χ0n) is 18.0. The Kier molecular flexibility index (Phi) is 7.46. The number of ether oxygens (including phenoxy) is 2. The quantitative estimate of drug-likeness (QED) is 0.542. The molecule has 1 aromatic heterocycles. The van der Waals surface area contributed by atoms with Gasteiger partial charge in [-0.1, -0.05) is 30.3 Å². The molecule has 1 heterocycles. The number of rotatable bonds is 9. The molecule has 0 unspecified atom stereocenters. The molecule has 1 amide bonds. The number of carbonyl (C=O) groups is 1. The third-order valence-corrected chi connectivity index (χ3v) is 5.97. The SMILES string of the molecule is COc1ccc(-c2nc(C[S@@](=O)CC(=O)N[C@@H](C)c3ccccc3)c(C)o2)cc1OC. The standard InChI is InChI=1S/C23H26N2O5S/c1-15(17-8-6-5-7-9-17)24-22(26)14-31(27)13-19-16(2)30-23(25-19)18-10-11-20(28-3)21(12-18)29-4/h5-12,15H,13-14H2,1-4H3,(H,24,26)/t15-,31+/m0/s1. The Labute approximate surface area is 184 Å². The molecule has 0 bridgehead atoms. The molecule has 31 heavy (non-hydrogen) atoms. The average Bonchev–Trinajstić information content (AvgIpc) is 3.13. The van der Waals surface area contributed by atoms with Crippen LogP contribution >= 0.6 is 0 Å². The summed E-state index contributed by atoms with van der Waals surface area (Å²) in [6.07, 6.45) is 0. The van der Waals surface area contributed by atoms with Crippen molar-refractivity contribution >= 4 is 16.7 Å². The van der Waals surface area contributed by atoms with Crippen LogP contribution in [0, 0.1) is 6.92 Å². The van der Waals surface area contributed by atoms with Crippen LogP contribution in [0.25, 0.3) is 11.5 Å². The molecule has 3 aromatic rings. The molecule has 1 N–H and O–H groups in total. The number of aromatic nitrogens is 1. The normalized spacial score (nSPS) is 12.8. The molecule has 0 spiro atoms. The van der Waals surface area contributed by atoms with Gasteiger partial charge in [-0.15, -0.1) is 0 Å². The van der Waals surface area contributed by atoms with E-state index < -0.39 is 10.8 Å². The van der Waals surface area contributed by atoms with E-state index in [1.807, 2.05) is 43.3 Å². The number of hydrogen-bond donors (Lipinski definition) is 1. The molecule has 0 saturated heterocycles. The maximum Gasteiger partial charge on any atom is 0.233 e. The Morgan fingerprint density at radius 1 is 1.13 bits per heavy atom. The van der Waals surface area contributed by atoms with Gasteiger partial charge in [0.05, 0.1) is 31.7 Å².